The van der Waals surface area contributed by atoms with Gasteiger partial charge in [0.1, 0.15) is 11.5 Å². The second-order valence-electron chi connectivity index (χ2n) is 6.21. The Hall–Kier alpha value is -3.67. The summed E-state index contributed by atoms with van der Waals surface area (Å²) in [5.41, 5.74) is 3.14. The molecular formula is C21H19N5O. The molecule has 0 unspecified atom stereocenters. The predicted octanol–water partition coefficient (Wildman–Crippen LogP) is 3.51. The van der Waals surface area contributed by atoms with Gasteiger partial charge in [0, 0.05) is 24.4 Å². The summed E-state index contributed by atoms with van der Waals surface area (Å²) in [4.78, 5) is 20.2. The molecular weight excluding hydrogens is 338 g/mol. The third-order valence-electron chi connectivity index (χ3n) is 4.35. The Morgan fingerprint density at radius 3 is 2.48 bits per heavy atom. The van der Waals surface area contributed by atoms with Crippen molar-refractivity contribution in [2.24, 2.45) is 0 Å². The number of carbonyl (C=O) groups excluding carboxylic acids is 1. The number of imidazole rings is 1. The lowest BCUT2D eigenvalue weighted by molar-refractivity contribution is 0.0931. The average molecular weight is 357 g/mol. The maximum absolute atomic E-state index is 12.8. The van der Waals surface area contributed by atoms with Crippen molar-refractivity contribution in [3.05, 3.63) is 96.2 Å². The molecule has 6 nitrogen and oxygen atoms in total. The number of H-pyrrole nitrogens is 2. The summed E-state index contributed by atoms with van der Waals surface area (Å²) in [5, 5.41) is 10.2. The first-order valence-electron chi connectivity index (χ1n) is 8.74. The van der Waals surface area contributed by atoms with E-state index in [-0.39, 0.29) is 11.9 Å². The van der Waals surface area contributed by atoms with Crippen LogP contribution in [0.25, 0.3) is 11.3 Å². The van der Waals surface area contributed by atoms with Crippen molar-refractivity contribution >= 4 is 5.91 Å². The molecule has 2 heterocycles. The highest BCUT2D eigenvalue weighted by Crippen LogP contribution is 2.19. The van der Waals surface area contributed by atoms with Gasteiger partial charge in [0.25, 0.3) is 5.91 Å². The van der Waals surface area contributed by atoms with E-state index in [1.54, 1.807) is 18.5 Å². The first-order valence-corrected chi connectivity index (χ1v) is 8.74. The molecule has 0 aliphatic heterocycles. The zero-order valence-electron chi connectivity index (χ0n) is 14.6. The van der Waals surface area contributed by atoms with E-state index in [0.717, 1.165) is 22.6 Å². The van der Waals surface area contributed by atoms with Crippen molar-refractivity contribution < 1.29 is 4.79 Å². The molecule has 0 saturated carbocycles. The van der Waals surface area contributed by atoms with E-state index in [0.29, 0.717) is 12.1 Å². The molecule has 1 atom stereocenters. The van der Waals surface area contributed by atoms with E-state index in [1.807, 2.05) is 60.7 Å². The number of carbonyl (C=O) groups is 1. The first kappa shape index (κ1) is 16.8. The van der Waals surface area contributed by atoms with Crippen molar-refractivity contribution in [2.75, 3.05) is 0 Å². The average Bonchev–Trinajstić information content (AvgIpc) is 3.41. The highest BCUT2D eigenvalue weighted by molar-refractivity contribution is 5.93. The summed E-state index contributed by atoms with van der Waals surface area (Å²) in [6.45, 7) is 0. The van der Waals surface area contributed by atoms with Gasteiger partial charge in [-0.25, -0.2) is 4.98 Å². The highest BCUT2D eigenvalue weighted by atomic mass is 16.2. The molecule has 4 rings (SSSR count). The number of nitrogens with zero attached hydrogens (tertiary/aromatic N) is 2. The van der Waals surface area contributed by atoms with Crippen molar-refractivity contribution in [2.45, 2.75) is 12.5 Å². The summed E-state index contributed by atoms with van der Waals surface area (Å²) in [6.07, 6.45) is 4.06. The van der Waals surface area contributed by atoms with Crippen LogP contribution in [0.3, 0.4) is 0 Å². The van der Waals surface area contributed by atoms with Crippen LogP contribution in [0, 0.1) is 0 Å². The van der Waals surface area contributed by atoms with Crippen molar-refractivity contribution in [1.82, 2.24) is 25.5 Å². The highest BCUT2D eigenvalue weighted by Gasteiger charge is 2.19. The van der Waals surface area contributed by atoms with Crippen molar-refractivity contribution in [3.63, 3.8) is 0 Å². The maximum atomic E-state index is 12.8. The summed E-state index contributed by atoms with van der Waals surface area (Å²) in [5.74, 6) is 0.615. The van der Waals surface area contributed by atoms with Crippen LogP contribution in [0.15, 0.2) is 79.1 Å². The van der Waals surface area contributed by atoms with Gasteiger partial charge in [-0.15, -0.1) is 0 Å². The van der Waals surface area contributed by atoms with Gasteiger partial charge in [-0.2, -0.15) is 5.10 Å². The van der Waals surface area contributed by atoms with E-state index in [9.17, 15) is 4.79 Å². The third-order valence-corrected chi connectivity index (χ3v) is 4.35. The van der Waals surface area contributed by atoms with Crippen LogP contribution in [0.4, 0.5) is 0 Å². The number of aromatic nitrogens is 4. The molecule has 6 heteroatoms. The van der Waals surface area contributed by atoms with E-state index >= 15 is 0 Å². The van der Waals surface area contributed by atoms with Gasteiger partial charge in [-0.3, -0.25) is 9.89 Å². The Morgan fingerprint density at radius 2 is 1.78 bits per heavy atom. The minimum Gasteiger partial charge on any atom is -0.349 e. The molecule has 2 aromatic heterocycles. The van der Waals surface area contributed by atoms with Crippen LogP contribution in [0.1, 0.15) is 27.9 Å². The van der Waals surface area contributed by atoms with Gasteiger partial charge in [0.15, 0.2) is 0 Å². The molecule has 0 aliphatic carbocycles. The Labute approximate surface area is 156 Å². The lowest BCUT2D eigenvalue weighted by Crippen LogP contribution is -2.30. The Morgan fingerprint density at radius 1 is 1.04 bits per heavy atom. The number of nitrogens with one attached hydrogen (secondary N) is 3. The van der Waals surface area contributed by atoms with Crippen LogP contribution in [0.5, 0.6) is 0 Å². The van der Waals surface area contributed by atoms with Crippen LogP contribution >= 0.6 is 0 Å². The zero-order valence-corrected chi connectivity index (χ0v) is 14.6. The van der Waals surface area contributed by atoms with Gasteiger partial charge >= 0.3 is 0 Å². The molecule has 0 aliphatic rings. The minimum atomic E-state index is -0.204. The first-order chi connectivity index (χ1) is 13.3. The van der Waals surface area contributed by atoms with Gasteiger partial charge in [-0.1, -0.05) is 60.7 Å². The Bertz CT molecular complexity index is 994. The van der Waals surface area contributed by atoms with Gasteiger partial charge in [0.2, 0.25) is 0 Å². The van der Waals surface area contributed by atoms with Crippen molar-refractivity contribution in [3.8, 4) is 11.3 Å². The smallest absolute Gasteiger partial charge is 0.269 e. The van der Waals surface area contributed by atoms with Gasteiger partial charge in [-0.05, 0) is 11.6 Å². The number of hydrogen-bond acceptors (Lipinski definition) is 3. The normalized spacial score (nSPS) is 11.9. The fourth-order valence-corrected chi connectivity index (χ4v) is 2.97. The van der Waals surface area contributed by atoms with E-state index in [2.05, 4.69) is 25.5 Å². The molecule has 1 amide bonds. The number of hydrogen-bond donors (Lipinski definition) is 3. The molecule has 134 valence electrons. The third kappa shape index (κ3) is 3.95. The summed E-state index contributed by atoms with van der Waals surface area (Å²) in [7, 11) is 0. The SMILES string of the molecule is O=C(N[C@@H](Cc1ncc[nH]1)c1ccccc1)c1cc(-c2ccccc2)n[nH]1. The van der Waals surface area contributed by atoms with Gasteiger partial charge in [0.05, 0.1) is 11.7 Å². The van der Waals surface area contributed by atoms with Crippen LogP contribution in [-0.4, -0.2) is 26.1 Å². The van der Waals surface area contributed by atoms with Crippen LogP contribution in [-0.2, 0) is 6.42 Å². The molecule has 0 spiro atoms. The van der Waals surface area contributed by atoms with Crippen LogP contribution in [0.2, 0.25) is 0 Å². The molecule has 4 aromatic rings. The maximum Gasteiger partial charge on any atom is 0.269 e. The molecule has 2 aromatic carbocycles. The molecule has 0 bridgehead atoms. The molecule has 0 radical (unpaired) electrons. The van der Waals surface area contributed by atoms with E-state index < -0.39 is 0 Å². The predicted molar refractivity (Wildman–Crippen MR) is 103 cm³/mol. The standard InChI is InChI=1S/C21H19N5O/c27-21(19-13-18(25-26-19)16-9-5-2-6-10-16)24-17(14-20-22-11-12-23-20)15-7-3-1-4-8-15/h1-13,17H,14H2,(H,22,23)(H,24,27)(H,25,26)/t17-/m0/s1. The fraction of sp³-hybridized carbons (Fsp3) is 0.0952. The lowest BCUT2D eigenvalue weighted by Gasteiger charge is -2.18. The topological polar surface area (TPSA) is 86.5 Å². The van der Waals surface area contributed by atoms with Crippen molar-refractivity contribution in [1.29, 1.82) is 0 Å². The summed E-state index contributed by atoms with van der Waals surface area (Å²) < 4.78 is 0. The van der Waals surface area contributed by atoms with Gasteiger partial charge < -0.3 is 10.3 Å². The minimum absolute atomic E-state index is 0.201. The molecule has 0 saturated heterocycles. The summed E-state index contributed by atoms with van der Waals surface area (Å²) in [6, 6.07) is 21.2. The number of rotatable bonds is 6. The number of amides is 1. The monoisotopic (exact) mass is 357 g/mol. The molecule has 0 fully saturated rings. The Kier molecular flexibility index (Phi) is 4.78. The second-order valence-corrected chi connectivity index (χ2v) is 6.21. The largest absolute Gasteiger partial charge is 0.349 e. The Balaban J connectivity index is 1.54. The second kappa shape index (κ2) is 7.70. The molecule has 27 heavy (non-hydrogen) atoms. The number of aromatic amines is 2. The summed E-state index contributed by atoms with van der Waals surface area (Å²) >= 11 is 0. The molecule has 3 N–H and O–H groups in total. The van der Waals surface area contributed by atoms with E-state index in [1.165, 1.54) is 0 Å². The van der Waals surface area contributed by atoms with E-state index in [4.69, 9.17) is 0 Å². The van der Waals surface area contributed by atoms with Crippen LogP contribution < -0.4 is 5.32 Å². The number of benzene rings is 2. The lowest BCUT2D eigenvalue weighted by atomic mass is 10.0. The quantitative estimate of drug-likeness (QED) is 0.493. The zero-order chi connectivity index (χ0) is 18.5. The fourth-order valence-electron chi connectivity index (χ4n) is 2.97.